The summed E-state index contributed by atoms with van der Waals surface area (Å²) in [5, 5.41) is 23.3. The predicted octanol–water partition coefficient (Wildman–Crippen LogP) is 27.0. The summed E-state index contributed by atoms with van der Waals surface area (Å²) in [7, 11) is 0. The van der Waals surface area contributed by atoms with Crippen LogP contribution in [-0.4, -0.2) is 47.4 Å². The highest BCUT2D eigenvalue weighted by molar-refractivity contribution is 5.76. The van der Waals surface area contributed by atoms with E-state index in [2.05, 4.69) is 43.5 Å². The van der Waals surface area contributed by atoms with Gasteiger partial charge in [0.15, 0.2) is 0 Å². The van der Waals surface area contributed by atoms with Crippen molar-refractivity contribution >= 4 is 11.9 Å². The van der Waals surface area contributed by atoms with Crippen LogP contribution in [0.2, 0.25) is 0 Å². The molecule has 3 N–H and O–H groups in total. The van der Waals surface area contributed by atoms with E-state index in [1.807, 2.05) is 6.08 Å². The molecule has 0 aromatic carbocycles. The minimum Gasteiger partial charge on any atom is -0.466 e. The molecule has 6 heteroatoms. The Bertz CT molecular complexity index is 1440. The average Bonchev–Trinajstić information content (AvgIpc) is 3.59. The molecule has 0 aliphatic carbocycles. The Balaban J connectivity index is 3.37. The summed E-state index contributed by atoms with van der Waals surface area (Å²) in [5.74, 6) is -0.0442. The van der Waals surface area contributed by atoms with Crippen molar-refractivity contribution in [3.05, 3.63) is 36.5 Å². The summed E-state index contributed by atoms with van der Waals surface area (Å²) >= 11 is 0. The van der Waals surface area contributed by atoms with Gasteiger partial charge in [0, 0.05) is 12.8 Å². The molecule has 2 atom stereocenters. The summed E-state index contributed by atoms with van der Waals surface area (Å²) in [6, 6.07) is -0.627. The predicted molar refractivity (Wildman–Crippen MR) is 393 cm³/mol. The number of aliphatic hydroxyl groups is 2. The SMILES string of the molecule is CCCCCCCC/C=C\CCCCCCCCCC(=O)OCCCCCCCCCCCCCC/C=C\CCCCCCCCCCCCCCCCCCCC(=O)NC(CO)C(O)/C=C/CCCCCCCCCCCCCCCCCCCCCC. The van der Waals surface area contributed by atoms with Crippen LogP contribution < -0.4 is 5.32 Å². The molecule has 6 nitrogen and oxygen atoms in total. The maximum Gasteiger partial charge on any atom is 0.305 e. The average molecular weight is 1250 g/mol. The molecular weight excluding hydrogens is 1090 g/mol. The molecule has 89 heavy (non-hydrogen) atoms. The summed E-state index contributed by atoms with van der Waals surface area (Å²) < 4.78 is 5.51. The molecule has 0 saturated heterocycles. The fourth-order valence-electron chi connectivity index (χ4n) is 12.9. The van der Waals surface area contributed by atoms with Gasteiger partial charge in [0.25, 0.3) is 0 Å². The fourth-order valence-corrected chi connectivity index (χ4v) is 12.9. The first-order valence-electron chi connectivity index (χ1n) is 40.8. The lowest BCUT2D eigenvalue weighted by atomic mass is 10.0. The van der Waals surface area contributed by atoms with Gasteiger partial charge in [0.1, 0.15) is 0 Å². The Morgan fingerprint density at radius 1 is 0.303 bits per heavy atom. The number of carbonyl (C=O) groups excluding carboxylic acids is 2. The molecule has 0 heterocycles. The standard InChI is InChI=1S/C83H159NO5/c1-3-5-7-9-11-13-15-17-19-21-22-23-37-40-44-47-51-55-59-63-67-71-75-81(86)80(79-85)84-82(87)76-72-68-64-60-56-52-48-45-41-38-35-33-31-29-27-25-24-26-28-30-32-34-36-39-42-46-50-54-58-62-66-70-74-78-89-83(88)77-73-69-65-61-57-53-49-43-20-18-16-14-12-10-8-6-4-2/h18,20,28,30,71,75,80-81,85-86H,3-17,19,21-27,29,31-70,72-74,76-79H2,1-2H3,(H,84,87)/b20-18-,30-28-,75-71+. The number of esters is 1. The molecule has 0 radical (unpaired) electrons. The molecule has 0 saturated carbocycles. The summed E-state index contributed by atoms with van der Waals surface area (Å²) in [4.78, 5) is 24.7. The van der Waals surface area contributed by atoms with Crippen molar-refractivity contribution in [1.82, 2.24) is 5.32 Å². The maximum atomic E-state index is 12.5. The van der Waals surface area contributed by atoms with E-state index >= 15 is 0 Å². The quantitative estimate of drug-likeness (QED) is 0.0320. The zero-order valence-electron chi connectivity index (χ0n) is 60.4. The first kappa shape index (κ1) is 87.1. The number of aliphatic hydroxyl groups excluding tert-OH is 2. The number of carbonyl (C=O) groups is 2. The molecular formula is C83H159NO5. The van der Waals surface area contributed by atoms with E-state index in [1.165, 1.54) is 385 Å². The largest absolute Gasteiger partial charge is 0.466 e. The second-order valence-electron chi connectivity index (χ2n) is 28.1. The lowest BCUT2D eigenvalue weighted by Gasteiger charge is -2.20. The van der Waals surface area contributed by atoms with Gasteiger partial charge in [0.2, 0.25) is 5.91 Å². The van der Waals surface area contributed by atoms with Gasteiger partial charge in [-0.05, 0) is 83.5 Å². The Morgan fingerprint density at radius 2 is 0.528 bits per heavy atom. The van der Waals surface area contributed by atoms with Gasteiger partial charge in [-0.25, -0.2) is 0 Å². The Kier molecular flexibility index (Phi) is 76.8. The van der Waals surface area contributed by atoms with Gasteiger partial charge in [-0.2, -0.15) is 0 Å². The number of hydrogen-bond acceptors (Lipinski definition) is 5. The van der Waals surface area contributed by atoms with E-state index in [0.717, 1.165) is 44.9 Å². The van der Waals surface area contributed by atoms with Crippen LogP contribution in [0.15, 0.2) is 36.5 Å². The molecule has 0 fully saturated rings. The molecule has 0 aliphatic heterocycles. The normalized spacial score (nSPS) is 12.6. The van der Waals surface area contributed by atoms with Crippen molar-refractivity contribution < 1.29 is 24.5 Å². The van der Waals surface area contributed by atoms with Gasteiger partial charge in [-0.1, -0.05) is 397 Å². The number of hydrogen-bond donors (Lipinski definition) is 3. The Labute approximate surface area is 557 Å². The maximum absolute atomic E-state index is 12.5. The van der Waals surface area contributed by atoms with Crippen molar-refractivity contribution in [3.8, 4) is 0 Å². The number of nitrogens with one attached hydrogen (secondary N) is 1. The van der Waals surface area contributed by atoms with E-state index < -0.39 is 12.1 Å². The number of allylic oxidation sites excluding steroid dienone is 5. The number of unbranched alkanes of at least 4 members (excludes halogenated alkanes) is 62. The molecule has 0 bridgehead atoms. The van der Waals surface area contributed by atoms with Crippen LogP contribution in [0.3, 0.4) is 0 Å². The van der Waals surface area contributed by atoms with Crippen LogP contribution in [0.1, 0.15) is 457 Å². The van der Waals surface area contributed by atoms with Crippen LogP contribution in [0.4, 0.5) is 0 Å². The minimum atomic E-state index is -0.844. The Morgan fingerprint density at radius 3 is 0.798 bits per heavy atom. The first-order valence-corrected chi connectivity index (χ1v) is 40.8. The second-order valence-corrected chi connectivity index (χ2v) is 28.1. The lowest BCUT2D eigenvalue weighted by molar-refractivity contribution is -0.143. The highest BCUT2D eigenvalue weighted by Crippen LogP contribution is 2.20. The highest BCUT2D eigenvalue weighted by atomic mass is 16.5. The van der Waals surface area contributed by atoms with Gasteiger partial charge in [-0.3, -0.25) is 9.59 Å². The molecule has 0 spiro atoms. The second kappa shape index (κ2) is 78.5. The molecule has 2 unspecified atom stereocenters. The number of rotatable bonds is 77. The molecule has 0 aliphatic rings. The van der Waals surface area contributed by atoms with E-state index in [4.69, 9.17) is 4.74 Å². The third-order valence-electron chi connectivity index (χ3n) is 19.1. The van der Waals surface area contributed by atoms with Gasteiger partial charge < -0.3 is 20.3 Å². The molecule has 526 valence electrons. The summed E-state index contributed by atoms with van der Waals surface area (Å²) in [5.41, 5.74) is 0. The van der Waals surface area contributed by atoms with Crippen molar-refractivity contribution in [3.63, 3.8) is 0 Å². The molecule has 1 amide bonds. The van der Waals surface area contributed by atoms with E-state index in [-0.39, 0.29) is 18.5 Å². The fraction of sp³-hybridized carbons (Fsp3) is 0.904. The zero-order chi connectivity index (χ0) is 64.2. The summed E-state index contributed by atoms with van der Waals surface area (Å²) in [6.07, 6.45) is 103. The smallest absolute Gasteiger partial charge is 0.305 e. The third kappa shape index (κ3) is 75.0. The summed E-state index contributed by atoms with van der Waals surface area (Å²) in [6.45, 7) is 4.95. The lowest BCUT2D eigenvalue weighted by Crippen LogP contribution is -2.45. The highest BCUT2D eigenvalue weighted by Gasteiger charge is 2.18. The molecule has 0 rings (SSSR count). The van der Waals surface area contributed by atoms with E-state index in [1.54, 1.807) is 6.08 Å². The molecule has 0 aromatic rings. The van der Waals surface area contributed by atoms with Gasteiger partial charge >= 0.3 is 5.97 Å². The number of amides is 1. The molecule has 0 aromatic heterocycles. The van der Waals surface area contributed by atoms with Crippen LogP contribution >= 0.6 is 0 Å². The van der Waals surface area contributed by atoms with Crippen molar-refractivity contribution in [2.45, 2.75) is 469 Å². The van der Waals surface area contributed by atoms with Crippen molar-refractivity contribution in [1.29, 1.82) is 0 Å². The van der Waals surface area contributed by atoms with Gasteiger partial charge in [0.05, 0.1) is 25.4 Å². The topological polar surface area (TPSA) is 95.9 Å². The number of ether oxygens (including phenoxy) is 1. The van der Waals surface area contributed by atoms with E-state index in [0.29, 0.717) is 19.4 Å². The minimum absolute atomic E-state index is 0.0159. The zero-order valence-corrected chi connectivity index (χ0v) is 60.4. The van der Waals surface area contributed by atoms with Crippen LogP contribution in [-0.2, 0) is 14.3 Å². The first-order chi connectivity index (χ1) is 44.0. The third-order valence-corrected chi connectivity index (χ3v) is 19.1. The van der Waals surface area contributed by atoms with Gasteiger partial charge in [-0.15, -0.1) is 0 Å². The Hall–Kier alpha value is -1.92. The van der Waals surface area contributed by atoms with E-state index in [9.17, 15) is 19.8 Å². The van der Waals surface area contributed by atoms with Crippen LogP contribution in [0.25, 0.3) is 0 Å². The monoisotopic (exact) mass is 1250 g/mol. The van der Waals surface area contributed by atoms with Crippen molar-refractivity contribution in [2.75, 3.05) is 13.2 Å². The van der Waals surface area contributed by atoms with Crippen LogP contribution in [0.5, 0.6) is 0 Å². The van der Waals surface area contributed by atoms with Crippen LogP contribution in [0, 0.1) is 0 Å². The van der Waals surface area contributed by atoms with Crippen molar-refractivity contribution in [2.24, 2.45) is 0 Å².